The van der Waals surface area contributed by atoms with Crippen LogP contribution < -0.4 is 15.1 Å². The van der Waals surface area contributed by atoms with Gasteiger partial charge < -0.3 is 29.2 Å². The zero-order chi connectivity index (χ0) is 31.5. The lowest BCUT2D eigenvalue weighted by Gasteiger charge is -2.39. The van der Waals surface area contributed by atoms with E-state index < -0.39 is 23.5 Å². The molecule has 0 aromatic carbocycles. The Labute approximate surface area is 256 Å². The van der Waals surface area contributed by atoms with Crippen molar-refractivity contribution in [2.24, 2.45) is 11.3 Å². The van der Waals surface area contributed by atoms with Crippen LogP contribution in [0.2, 0.25) is 0 Å². The van der Waals surface area contributed by atoms with Gasteiger partial charge in [-0.15, -0.1) is 0 Å². The number of piperidine rings is 2. The molecule has 3 aliphatic heterocycles. The molecule has 3 saturated heterocycles. The molecule has 10 nitrogen and oxygen atoms in total. The number of hydrogen-bond donors (Lipinski definition) is 1. The van der Waals surface area contributed by atoms with Gasteiger partial charge in [-0.3, -0.25) is 4.79 Å². The van der Waals surface area contributed by atoms with Crippen LogP contribution in [-0.4, -0.2) is 72.2 Å². The quantitative estimate of drug-likeness (QED) is 0.353. The van der Waals surface area contributed by atoms with Crippen LogP contribution in [0.15, 0.2) is 22.7 Å². The van der Waals surface area contributed by atoms with E-state index in [1.54, 1.807) is 17.0 Å². The molecule has 0 bridgehead atoms. The number of aromatic nitrogens is 2. The first kappa shape index (κ1) is 31.9. The fourth-order valence-corrected chi connectivity index (χ4v) is 6.49. The topological polar surface area (TPSA) is 104 Å². The highest BCUT2D eigenvalue weighted by Crippen LogP contribution is 2.41. The van der Waals surface area contributed by atoms with Gasteiger partial charge in [0.2, 0.25) is 5.76 Å². The third-order valence-electron chi connectivity index (χ3n) is 9.13. The van der Waals surface area contributed by atoms with E-state index in [0.29, 0.717) is 32.0 Å². The fraction of sp³-hybridized carbons (Fsp3) is 0.677. The molecule has 242 valence electrons. The van der Waals surface area contributed by atoms with E-state index in [0.717, 1.165) is 64.5 Å². The first-order valence-corrected chi connectivity index (χ1v) is 15.8. The van der Waals surface area contributed by atoms with E-state index in [-0.39, 0.29) is 35.2 Å². The van der Waals surface area contributed by atoms with Gasteiger partial charge in [0, 0.05) is 39.3 Å². The Morgan fingerprint density at radius 2 is 1.91 bits per heavy atom. The van der Waals surface area contributed by atoms with Gasteiger partial charge >= 0.3 is 12.3 Å². The molecule has 1 N–H and O–H groups in total. The number of halogens is 3. The molecular formula is C31H43F3N6O4. The lowest BCUT2D eigenvalue weighted by atomic mass is 9.78. The Balaban J connectivity index is 1.16. The number of nitrogens with one attached hydrogen (secondary N) is 1. The molecule has 2 unspecified atom stereocenters. The van der Waals surface area contributed by atoms with Crippen LogP contribution in [0, 0.1) is 11.3 Å². The van der Waals surface area contributed by atoms with E-state index in [9.17, 15) is 22.8 Å². The molecule has 2 aromatic rings. The summed E-state index contributed by atoms with van der Waals surface area (Å²) in [6.07, 6.45) is 3.82. The van der Waals surface area contributed by atoms with E-state index in [4.69, 9.17) is 9.15 Å². The minimum absolute atomic E-state index is 0.0639. The minimum atomic E-state index is -4.84. The standard InChI is InChI=1S/C31H43F3N6O4/c1-4-5-8-22(3)43-29(42)40-17-13-30(20-40)11-15-38(16-12-30)24-10-9-23(18-35-24)36-27(41)25-26(31(32,33)34)37-28(44-25)39-14-6-7-21(2)19-39/h9-10,18,21-22H,4-8,11-17,19-20H2,1-3H3,(H,36,41). The molecule has 3 aliphatic rings. The Kier molecular flexibility index (Phi) is 9.59. The Morgan fingerprint density at radius 1 is 1.16 bits per heavy atom. The monoisotopic (exact) mass is 620 g/mol. The van der Waals surface area contributed by atoms with Gasteiger partial charge in [0.05, 0.1) is 11.9 Å². The van der Waals surface area contributed by atoms with Crippen molar-refractivity contribution >= 4 is 29.5 Å². The number of ether oxygens (including phenoxy) is 1. The number of nitrogens with zero attached hydrogens (tertiary/aromatic N) is 5. The van der Waals surface area contributed by atoms with Crippen LogP contribution in [-0.2, 0) is 10.9 Å². The van der Waals surface area contributed by atoms with Crippen molar-refractivity contribution in [3.8, 4) is 0 Å². The van der Waals surface area contributed by atoms with Gasteiger partial charge in [-0.2, -0.15) is 18.2 Å². The van der Waals surface area contributed by atoms with Crippen molar-refractivity contribution in [2.75, 3.05) is 54.4 Å². The lowest BCUT2D eigenvalue weighted by Crippen LogP contribution is -2.42. The SMILES string of the molecule is CCCCC(C)OC(=O)N1CCC2(CCN(c3ccc(NC(=O)c4oc(N5CCCC(C)C5)nc4C(F)(F)F)cn3)CC2)C1. The normalized spacial score (nSPS) is 21.0. The molecule has 2 amide bonds. The second-order valence-corrected chi connectivity index (χ2v) is 12.7. The summed E-state index contributed by atoms with van der Waals surface area (Å²) in [7, 11) is 0. The molecule has 5 rings (SSSR count). The van der Waals surface area contributed by atoms with Crippen LogP contribution in [0.3, 0.4) is 0 Å². The summed E-state index contributed by atoms with van der Waals surface area (Å²) in [5, 5.41) is 2.48. The van der Waals surface area contributed by atoms with E-state index in [2.05, 4.69) is 27.1 Å². The third-order valence-corrected chi connectivity index (χ3v) is 9.13. The number of likely N-dealkylation sites (tertiary alicyclic amines) is 1. The first-order chi connectivity index (χ1) is 21.0. The number of carbonyl (C=O) groups excluding carboxylic acids is 2. The zero-order valence-electron chi connectivity index (χ0n) is 25.8. The van der Waals surface area contributed by atoms with Crippen LogP contribution in [0.1, 0.15) is 88.4 Å². The summed E-state index contributed by atoms with van der Waals surface area (Å²) < 4.78 is 52.3. The molecule has 44 heavy (non-hydrogen) atoms. The summed E-state index contributed by atoms with van der Waals surface area (Å²) >= 11 is 0. The van der Waals surface area contributed by atoms with Gasteiger partial charge in [0.25, 0.3) is 11.9 Å². The smallest absolute Gasteiger partial charge is 0.437 e. The molecule has 2 aromatic heterocycles. The Morgan fingerprint density at radius 3 is 2.57 bits per heavy atom. The minimum Gasteiger partial charge on any atom is -0.446 e. The number of hydrogen-bond acceptors (Lipinski definition) is 8. The highest BCUT2D eigenvalue weighted by Gasteiger charge is 2.44. The molecule has 13 heteroatoms. The molecule has 0 aliphatic carbocycles. The first-order valence-electron chi connectivity index (χ1n) is 15.8. The summed E-state index contributed by atoms with van der Waals surface area (Å²) in [5.41, 5.74) is -1.02. The summed E-state index contributed by atoms with van der Waals surface area (Å²) in [4.78, 5) is 39.4. The van der Waals surface area contributed by atoms with Gasteiger partial charge in [-0.05, 0) is 68.9 Å². The number of amides is 2. The number of carbonyl (C=O) groups is 2. The summed E-state index contributed by atoms with van der Waals surface area (Å²) in [5.74, 6) is -0.882. The zero-order valence-corrected chi connectivity index (χ0v) is 25.8. The fourth-order valence-electron chi connectivity index (χ4n) is 6.49. The number of pyridine rings is 1. The van der Waals surface area contributed by atoms with Crippen LogP contribution in [0.25, 0.3) is 0 Å². The van der Waals surface area contributed by atoms with E-state index in [1.807, 2.05) is 18.7 Å². The van der Waals surface area contributed by atoms with Crippen molar-refractivity contribution < 1.29 is 31.9 Å². The molecule has 3 fully saturated rings. The predicted molar refractivity (Wildman–Crippen MR) is 160 cm³/mol. The second-order valence-electron chi connectivity index (χ2n) is 12.7. The largest absolute Gasteiger partial charge is 0.446 e. The highest BCUT2D eigenvalue weighted by molar-refractivity contribution is 6.03. The highest BCUT2D eigenvalue weighted by atomic mass is 19.4. The number of anilines is 3. The predicted octanol–water partition coefficient (Wildman–Crippen LogP) is 6.58. The maximum absolute atomic E-state index is 13.8. The molecule has 0 radical (unpaired) electrons. The van der Waals surface area contributed by atoms with Crippen molar-refractivity contribution in [3.63, 3.8) is 0 Å². The van der Waals surface area contributed by atoms with Crippen LogP contribution in [0.4, 0.5) is 35.5 Å². The molecular weight excluding hydrogens is 577 g/mol. The maximum Gasteiger partial charge on any atom is 0.437 e. The third kappa shape index (κ3) is 7.40. The number of alkyl halides is 3. The Bertz CT molecular complexity index is 1290. The molecule has 1 spiro atoms. The van der Waals surface area contributed by atoms with Gasteiger partial charge in [0.15, 0.2) is 5.69 Å². The van der Waals surface area contributed by atoms with Crippen molar-refractivity contribution in [1.29, 1.82) is 0 Å². The molecule has 0 saturated carbocycles. The van der Waals surface area contributed by atoms with E-state index in [1.165, 1.54) is 6.20 Å². The van der Waals surface area contributed by atoms with Crippen molar-refractivity contribution in [2.45, 2.75) is 84.4 Å². The maximum atomic E-state index is 13.8. The Hall–Kier alpha value is -3.51. The average Bonchev–Trinajstić information content (AvgIpc) is 3.63. The van der Waals surface area contributed by atoms with Crippen LogP contribution >= 0.6 is 0 Å². The van der Waals surface area contributed by atoms with Gasteiger partial charge in [-0.25, -0.2) is 9.78 Å². The summed E-state index contributed by atoms with van der Waals surface area (Å²) in [6, 6.07) is 3.18. The van der Waals surface area contributed by atoms with Gasteiger partial charge in [0.1, 0.15) is 11.9 Å². The summed E-state index contributed by atoms with van der Waals surface area (Å²) in [6.45, 7) is 10.0. The van der Waals surface area contributed by atoms with Crippen molar-refractivity contribution in [1.82, 2.24) is 14.9 Å². The lowest BCUT2D eigenvalue weighted by molar-refractivity contribution is -0.141. The average molecular weight is 621 g/mol. The van der Waals surface area contributed by atoms with Gasteiger partial charge in [-0.1, -0.05) is 26.7 Å². The van der Waals surface area contributed by atoms with Crippen LogP contribution in [0.5, 0.6) is 0 Å². The second kappa shape index (κ2) is 13.2. The number of rotatable bonds is 8. The van der Waals surface area contributed by atoms with E-state index >= 15 is 0 Å². The number of unbranched alkanes of at least 4 members (excludes halogenated alkanes) is 1. The van der Waals surface area contributed by atoms with Crippen molar-refractivity contribution in [3.05, 3.63) is 29.8 Å². The number of oxazole rings is 1. The molecule has 2 atom stereocenters. The molecule has 5 heterocycles.